The van der Waals surface area contributed by atoms with E-state index in [2.05, 4.69) is 10.3 Å². The van der Waals surface area contributed by atoms with Crippen LogP contribution in [0.5, 0.6) is 0 Å². The van der Waals surface area contributed by atoms with Gasteiger partial charge in [-0.15, -0.1) is 11.3 Å². The molecule has 112 valence electrons. The van der Waals surface area contributed by atoms with Crippen molar-refractivity contribution >= 4 is 27.5 Å². The highest BCUT2D eigenvalue weighted by molar-refractivity contribution is 7.16. The van der Waals surface area contributed by atoms with Crippen LogP contribution in [0.2, 0.25) is 0 Å². The molecule has 4 nitrogen and oxygen atoms in total. The molecular weight excluding hydrogens is 284 g/mol. The summed E-state index contributed by atoms with van der Waals surface area (Å²) in [6.45, 7) is 0.340. The summed E-state index contributed by atoms with van der Waals surface area (Å²) < 4.78 is 1.01. The minimum absolute atomic E-state index is 0.122. The van der Waals surface area contributed by atoms with E-state index in [1.54, 1.807) is 11.6 Å². The normalized spacial score (nSPS) is 18.3. The van der Waals surface area contributed by atoms with E-state index in [9.17, 15) is 9.90 Å². The maximum Gasteiger partial charge on any atom is 0.251 e. The van der Waals surface area contributed by atoms with E-state index in [4.69, 9.17) is 0 Å². The molecule has 0 saturated heterocycles. The molecule has 0 bridgehead atoms. The number of hydrogen-bond donors (Lipinski definition) is 2. The molecule has 0 radical (unpaired) electrons. The SMILES string of the molecule is O=C(NCC1(O)CCCCCC1)c1ccc2ncsc2c1. The summed E-state index contributed by atoms with van der Waals surface area (Å²) in [6.07, 6.45) is 6.00. The average molecular weight is 304 g/mol. The Morgan fingerprint density at radius 2 is 2.05 bits per heavy atom. The fourth-order valence-electron chi connectivity index (χ4n) is 2.91. The smallest absolute Gasteiger partial charge is 0.251 e. The molecule has 1 aliphatic carbocycles. The Bertz CT molecular complexity index is 630. The molecule has 1 amide bonds. The zero-order chi connectivity index (χ0) is 14.7. The quantitative estimate of drug-likeness (QED) is 0.857. The number of rotatable bonds is 3. The highest BCUT2D eigenvalue weighted by Gasteiger charge is 2.28. The molecule has 1 fully saturated rings. The van der Waals surface area contributed by atoms with Crippen LogP contribution in [0.15, 0.2) is 23.7 Å². The van der Waals surface area contributed by atoms with E-state index in [1.165, 1.54) is 24.2 Å². The number of carbonyl (C=O) groups is 1. The van der Waals surface area contributed by atoms with Crippen molar-refractivity contribution in [3.63, 3.8) is 0 Å². The Kier molecular flexibility index (Phi) is 4.22. The van der Waals surface area contributed by atoms with Crippen LogP contribution >= 0.6 is 11.3 Å². The molecule has 5 heteroatoms. The lowest BCUT2D eigenvalue weighted by Gasteiger charge is -2.26. The first-order valence-corrected chi connectivity index (χ1v) is 8.38. The zero-order valence-electron chi connectivity index (χ0n) is 12.0. The maximum absolute atomic E-state index is 12.2. The second kappa shape index (κ2) is 6.12. The largest absolute Gasteiger partial charge is 0.388 e. The maximum atomic E-state index is 12.2. The minimum atomic E-state index is -0.735. The van der Waals surface area contributed by atoms with Crippen molar-refractivity contribution in [3.8, 4) is 0 Å². The van der Waals surface area contributed by atoms with Crippen molar-refractivity contribution in [3.05, 3.63) is 29.3 Å². The Morgan fingerprint density at radius 1 is 1.29 bits per heavy atom. The van der Waals surface area contributed by atoms with Crippen molar-refractivity contribution in [1.82, 2.24) is 10.3 Å². The lowest BCUT2D eigenvalue weighted by atomic mass is 9.94. The molecule has 1 aromatic heterocycles. The van der Waals surface area contributed by atoms with Crippen LogP contribution in [-0.4, -0.2) is 28.1 Å². The third-order valence-electron chi connectivity index (χ3n) is 4.21. The van der Waals surface area contributed by atoms with Gasteiger partial charge in [0.1, 0.15) is 0 Å². The van der Waals surface area contributed by atoms with Crippen LogP contribution in [0, 0.1) is 0 Å². The van der Waals surface area contributed by atoms with Crippen LogP contribution < -0.4 is 5.32 Å². The number of nitrogens with one attached hydrogen (secondary N) is 1. The van der Waals surface area contributed by atoms with Gasteiger partial charge in [0.05, 0.1) is 21.3 Å². The second-order valence-corrected chi connectivity index (χ2v) is 6.74. The Labute approximate surface area is 128 Å². The van der Waals surface area contributed by atoms with Gasteiger partial charge < -0.3 is 10.4 Å². The molecule has 0 unspecified atom stereocenters. The highest BCUT2D eigenvalue weighted by atomic mass is 32.1. The van der Waals surface area contributed by atoms with E-state index in [0.29, 0.717) is 12.1 Å². The number of benzene rings is 1. The third-order valence-corrected chi connectivity index (χ3v) is 5.00. The van der Waals surface area contributed by atoms with Crippen LogP contribution in [0.1, 0.15) is 48.9 Å². The molecule has 1 heterocycles. The number of thiazole rings is 1. The van der Waals surface area contributed by atoms with Gasteiger partial charge in [0.25, 0.3) is 5.91 Å². The van der Waals surface area contributed by atoms with Gasteiger partial charge in [0, 0.05) is 12.1 Å². The van der Waals surface area contributed by atoms with Gasteiger partial charge in [-0.1, -0.05) is 25.7 Å². The number of amides is 1. The van der Waals surface area contributed by atoms with Gasteiger partial charge in [0.2, 0.25) is 0 Å². The second-order valence-electron chi connectivity index (χ2n) is 5.86. The summed E-state index contributed by atoms with van der Waals surface area (Å²) >= 11 is 1.53. The number of aliphatic hydroxyl groups is 1. The molecule has 0 atom stereocenters. The average Bonchev–Trinajstić information content (AvgIpc) is 2.85. The summed E-state index contributed by atoms with van der Waals surface area (Å²) in [5.41, 5.74) is 2.59. The first-order chi connectivity index (χ1) is 10.2. The standard InChI is InChI=1S/C16H20N2O2S/c19-15(12-5-6-13-14(9-12)21-11-18-13)17-10-16(20)7-3-1-2-4-8-16/h5-6,9,11,20H,1-4,7-8,10H2,(H,17,19). The van der Waals surface area contributed by atoms with E-state index in [0.717, 1.165) is 35.9 Å². The van der Waals surface area contributed by atoms with Crippen LogP contribution in [-0.2, 0) is 0 Å². The summed E-state index contributed by atoms with van der Waals surface area (Å²) in [5.74, 6) is -0.122. The van der Waals surface area contributed by atoms with E-state index in [1.807, 2.05) is 12.1 Å². The number of nitrogens with zero attached hydrogens (tertiary/aromatic N) is 1. The molecule has 2 aromatic rings. The highest BCUT2D eigenvalue weighted by Crippen LogP contribution is 2.26. The molecule has 21 heavy (non-hydrogen) atoms. The van der Waals surface area contributed by atoms with Gasteiger partial charge >= 0.3 is 0 Å². The monoisotopic (exact) mass is 304 g/mol. The van der Waals surface area contributed by atoms with Crippen LogP contribution in [0.3, 0.4) is 0 Å². The van der Waals surface area contributed by atoms with Crippen molar-refractivity contribution in [1.29, 1.82) is 0 Å². The predicted molar refractivity (Wildman–Crippen MR) is 84.6 cm³/mol. The van der Waals surface area contributed by atoms with Gasteiger partial charge in [-0.05, 0) is 31.0 Å². The molecule has 0 spiro atoms. The summed E-state index contributed by atoms with van der Waals surface area (Å²) in [6, 6.07) is 5.51. The molecular formula is C16H20N2O2S. The predicted octanol–water partition coefficient (Wildman–Crippen LogP) is 3.11. The number of hydrogen-bond acceptors (Lipinski definition) is 4. The van der Waals surface area contributed by atoms with Crippen molar-refractivity contribution < 1.29 is 9.90 Å². The van der Waals surface area contributed by atoms with Gasteiger partial charge in [-0.3, -0.25) is 4.79 Å². The van der Waals surface area contributed by atoms with Crippen LogP contribution in [0.4, 0.5) is 0 Å². The lowest BCUT2D eigenvalue weighted by molar-refractivity contribution is 0.0246. The molecule has 0 aliphatic heterocycles. The van der Waals surface area contributed by atoms with Crippen LogP contribution in [0.25, 0.3) is 10.2 Å². The molecule has 3 rings (SSSR count). The first-order valence-electron chi connectivity index (χ1n) is 7.50. The summed E-state index contributed by atoms with van der Waals surface area (Å²) in [5, 5.41) is 13.5. The minimum Gasteiger partial charge on any atom is -0.388 e. The van der Waals surface area contributed by atoms with Crippen molar-refractivity contribution in [2.75, 3.05) is 6.54 Å². The van der Waals surface area contributed by atoms with Crippen molar-refractivity contribution in [2.45, 2.75) is 44.1 Å². The summed E-state index contributed by atoms with van der Waals surface area (Å²) in [7, 11) is 0. The Balaban J connectivity index is 1.65. The number of fused-ring (bicyclic) bond motifs is 1. The number of carbonyl (C=O) groups excluding carboxylic acids is 1. The third kappa shape index (κ3) is 3.41. The fourth-order valence-corrected chi connectivity index (χ4v) is 3.62. The van der Waals surface area contributed by atoms with Gasteiger partial charge in [0.15, 0.2) is 0 Å². The summed E-state index contributed by atoms with van der Waals surface area (Å²) in [4.78, 5) is 16.4. The van der Waals surface area contributed by atoms with E-state index < -0.39 is 5.60 Å². The Morgan fingerprint density at radius 3 is 2.81 bits per heavy atom. The lowest BCUT2D eigenvalue weighted by Crippen LogP contribution is -2.42. The zero-order valence-corrected chi connectivity index (χ0v) is 12.8. The molecule has 2 N–H and O–H groups in total. The first kappa shape index (κ1) is 14.5. The molecule has 1 aromatic carbocycles. The van der Waals surface area contributed by atoms with E-state index >= 15 is 0 Å². The molecule has 1 saturated carbocycles. The molecule has 1 aliphatic rings. The van der Waals surface area contributed by atoms with Crippen molar-refractivity contribution in [2.24, 2.45) is 0 Å². The van der Waals surface area contributed by atoms with E-state index in [-0.39, 0.29) is 5.91 Å². The van der Waals surface area contributed by atoms with Gasteiger partial charge in [-0.25, -0.2) is 4.98 Å². The van der Waals surface area contributed by atoms with Gasteiger partial charge in [-0.2, -0.15) is 0 Å². The Hall–Kier alpha value is -1.46. The topological polar surface area (TPSA) is 62.2 Å². The fraction of sp³-hybridized carbons (Fsp3) is 0.500. The number of aromatic nitrogens is 1.